The second-order valence-electron chi connectivity index (χ2n) is 7.12. The van der Waals surface area contributed by atoms with Gasteiger partial charge in [-0.15, -0.1) is 0 Å². The fourth-order valence-electron chi connectivity index (χ4n) is 3.93. The third kappa shape index (κ3) is 3.67. The standard InChI is InChI=1S/C25H19N5O/c31-23(11-5-13-29-22-10-4-12-28-22)30-25-20-7-2-1-6-19(20)24-18(8-3-9-21(24)25)17-14-26-16-27-15-17/h1-16,25,28H,(H,30,31)/b11-5+,29-13-. The first kappa shape index (κ1) is 18.7. The number of rotatable bonds is 5. The Morgan fingerprint density at radius 3 is 2.61 bits per heavy atom. The molecule has 1 aliphatic rings. The monoisotopic (exact) mass is 405 g/mol. The fourth-order valence-corrected chi connectivity index (χ4v) is 3.93. The number of hydrogen-bond donors (Lipinski definition) is 2. The van der Waals surface area contributed by atoms with Crippen molar-refractivity contribution in [2.75, 3.05) is 0 Å². The summed E-state index contributed by atoms with van der Waals surface area (Å²) in [6.45, 7) is 0. The predicted molar refractivity (Wildman–Crippen MR) is 121 cm³/mol. The quantitative estimate of drug-likeness (QED) is 0.375. The molecule has 1 amide bonds. The minimum atomic E-state index is -0.228. The molecule has 1 aliphatic carbocycles. The minimum absolute atomic E-state index is 0.181. The first-order chi connectivity index (χ1) is 15.3. The lowest BCUT2D eigenvalue weighted by molar-refractivity contribution is -0.116. The molecule has 2 aromatic carbocycles. The van der Waals surface area contributed by atoms with E-state index in [4.69, 9.17) is 0 Å². The van der Waals surface area contributed by atoms with Crippen molar-refractivity contribution in [3.63, 3.8) is 0 Å². The van der Waals surface area contributed by atoms with Gasteiger partial charge in [0.1, 0.15) is 12.1 Å². The molecule has 0 saturated carbocycles. The number of aromatic nitrogens is 3. The van der Waals surface area contributed by atoms with Gasteiger partial charge in [-0.2, -0.15) is 0 Å². The Kier molecular flexibility index (Phi) is 4.94. The molecular formula is C25H19N5O. The van der Waals surface area contributed by atoms with E-state index in [9.17, 15) is 4.79 Å². The molecule has 2 heterocycles. The van der Waals surface area contributed by atoms with E-state index >= 15 is 0 Å². The lowest BCUT2D eigenvalue weighted by Gasteiger charge is -2.15. The van der Waals surface area contributed by atoms with Crippen LogP contribution < -0.4 is 5.32 Å². The van der Waals surface area contributed by atoms with E-state index in [1.807, 2.05) is 42.7 Å². The summed E-state index contributed by atoms with van der Waals surface area (Å²) in [5.74, 6) is 0.556. The van der Waals surface area contributed by atoms with Crippen LogP contribution in [0.1, 0.15) is 17.2 Å². The predicted octanol–water partition coefficient (Wildman–Crippen LogP) is 4.62. The summed E-state index contributed by atoms with van der Waals surface area (Å²) in [5.41, 5.74) is 6.35. The second-order valence-corrected chi connectivity index (χ2v) is 7.12. The molecule has 150 valence electrons. The fraction of sp³-hybridized carbons (Fsp3) is 0.0400. The summed E-state index contributed by atoms with van der Waals surface area (Å²) in [4.78, 5) is 28.2. The Labute approximate surface area is 179 Å². The average molecular weight is 405 g/mol. The zero-order valence-corrected chi connectivity index (χ0v) is 16.6. The Morgan fingerprint density at radius 1 is 0.968 bits per heavy atom. The van der Waals surface area contributed by atoms with Crippen LogP contribution in [0.15, 0.2) is 96.7 Å². The van der Waals surface area contributed by atoms with Gasteiger partial charge in [0, 0.05) is 36.4 Å². The molecular weight excluding hydrogens is 386 g/mol. The van der Waals surface area contributed by atoms with Gasteiger partial charge in [0.25, 0.3) is 0 Å². The second kappa shape index (κ2) is 8.20. The highest BCUT2D eigenvalue weighted by Crippen LogP contribution is 2.47. The normalized spacial score (nSPS) is 14.6. The molecule has 5 rings (SSSR count). The number of benzene rings is 2. The van der Waals surface area contributed by atoms with Crippen LogP contribution in [0, 0.1) is 0 Å². The number of aliphatic imine (C=N–C) groups is 1. The van der Waals surface area contributed by atoms with Crippen LogP contribution in [-0.2, 0) is 4.79 Å². The van der Waals surface area contributed by atoms with Crippen LogP contribution in [0.25, 0.3) is 22.3 Å². The van der Waals surface area contributed by atoms with Crippen LogP contribution in [0.5, 0.6) is 0 Å². The smallest absolute Gasteiger partial charge is 0.244 e. The van der Waals surface area contributed by atoms with Gasteiger partial charge in [0.05, 0.1) is 6.04 Å². The van der Waals surface area contributed by atoms with Crippen LogP contribution in [0.3, 0.4) is 0 Å². The van der Waals surface area contributed by atoms with Crippen molar-refractivity contribution in [3.8, 4) is 22.3 Å². The highest BCUT2D eigenvalue weighted by molar-refractivity contribution is 5.95. The number of aromatic amines is 1. The van der Waals surface area contributed by atoms with Crippen molar-refractivity contribution in [3.05, 3.63) is 103 Å². The van der Waals surface area contributed by atoms with Crippen LogP contribution in [0.4, 0.5) is 5.82 Å². The van der Waals surface area contributed by atoms with Gasteiger partial charge in [-0.05, 0) is 46.0 Å². The summed E-state index contributed by atoms with van der Waals surface area (Å²) in [5, 5.41) is 3.14. The zero-order valence-electron chi connectivity index (χ0n) is 16.6. The van der Waals surface area contributed by atoms with Gasteiger partial charge in [0.2, 0.25) is 5.91 Å². The number of H-pyrrole nitrogens is 1. The van der Waals surface area contributed by atoms with E-state index in [-0.39, 0.29) is 11.9 Å². The molecule has 0 radical (unpaired) electrons. The molecule has 6 nitrogen and oxygen atoms in total. The van der Waals surface area contributed by atoms with Crippen molar-refractivity contribution in [2.45, 2.75) is 6.04 Å². The van der Waals surface area contributed by atoms with E-state index in [0.29, 0.717) is 0 Å². The molecule has 1 unspecified atom stereocenters. The molecule has 0 fully saturated rings. The maximum absolute atomic E-state index is 12.6. The number of carbonyl (C=O) groups is 1. The summed E-state index contributed by atoms with van der Waals surface area (Å²) in [6, 6.07) is 17.8. The number of hydrogen-bond acceptors (Lipinski definition) is 4. The van der Waals surface area contributed by atoms with E-state index in [2.05, 4.69) is 49.5 Å². The number of carbonyl (C=O) groups excluding carboxylic acids is 1. The van der Waals surface area contributed by atoms with Crippen LogP contribution in [0.2, 0.25) is 0 Å². The Morgan fingerprint density at radius 2 is 1.77 bits per heavy atom. The van der Waals surface area contributed by atoms with Crippen molar-refractivity contribution in [1.82, 2.24) is 20.3 Å². The number of amides is 1. The molecule has 4 aromatic rings. The minimum Gasteiger partial charge on any atom is -0.347 e. The van der Waals surface area contributed by atoms with Gasteiger partial charge in [-0.1, -0.05) is 42.5 Å². The molecule has 0 aliphatic heterocycles. The zero-order chi connectivity index (χ0) is 21.0. The number of allylic oxidation sites excluding steroid dienone is 1. The third-order valence-electron chi connectivity index (χ3n) is 5.24. The van der Waals surface area contributed by atoms with Gasteiger partial charge in [0.15, 0.2) is 0 Å². The van der Waals surface area contributed by atoms with Gasteiger partial charge < -0.3 is 10.3 Å². The topological polar surface area (TPSA) is 83.0 Å². The highest BCUT2D eigenvalue weighted by Gasteiger charge is 2.31. The first-order valence-electron chi connectivity index (χ1n) is 9.93. The molecule has 0 saturated heterocycles. The maximum Gasteiger partial charge on any atom is 0.244 e. The summed E-state index contributed by atoms with van der Waals surface area (Å²) in [7, 11) is 0. The highest BCUT2D eigenvalue weighted by atomic mass is 16.1. The van der Waals surface area contributed by atoms with E-state index in [1.165, 1.54) is 12.4 Å². The van der Waals surface area contributed by atoms with Crippen LogP contribution >= 0.6 is 0 Å². The van der Waals surface area contributed by atoms with Crippen molar-refractivity contribution in [1.29, 1.82) is 0 Å². The van der Waals surface area contributed by atoms with Crippen molar-refractivity contribution < 1.29 is 4.79 Å². The number of nitrogens with one attached hydrogen (secondary N) is 2. The molecule has 2 aromatic heterocycles. The van der Waals surface area contributed by atoms with Crippen LogP contribution in [-0.4, -0.2) is 27.1 Å². The lowest BCUT2D eigenvalue weighted by Crippen LogP contribution is -2.26. The van der Waals surface area contributed by atoms with E-state index in [0.717, 1.165) is 39.2 Å². The number of fused-ring (bicyclic) bond motifs is 3. The van der Waals surface area contributed by atoms with Crippen molar-refractivity contribution in [2.24, 2.45) is 4.99 Å². The Bertz CT molecular complexity index is 1280. The van der Waals surface area contributed by atoms with Gasteiger partial charge in [-0.25, -0.2) is 15.0 Å². The molecule has 31 heavy (non-hydrogen) atoms. The number of nitrogens with zero attached hydrogens (tertiary/aromatic N) is 3. The Balaban J connectivity index is 1.45. The molecule has 0 bridgehead atoms. The summed E-state index contributed by atoms with van der Waals surface area (Å²) >= 11 is 0. The van der Waals surface area contributed by atoms with Gasteiger partial charge in [-0.3, -0.25) is 4.79 Å². The largest absolute Gasteiger partial charge is 0.347 e. The first-order valence-corrected chi connectivity index (χ1v) is 9.93. The molecule has 2 N–H and O–H groups in total. The van der Waals surface area contributed by atoms with Gasteiger partial charge >= 0.3 is 0 Å². The van der Waals surface area contributed by atoms with E-state index < -0.39 is 0 Å². The average Bonchev–Trinajstić information content (AvgIpc) is 3.44. The maximum atomic E-state index is 12.6. The van der Waals surface area contributed by atoms with Crippen molar-refractivity contribution >= 4 is 17.9 Å². The SMILES string of the molecule is O=C(/C=C/C=N\c1ccc[nH]1)NC1c2ccccc2-c2c(-c3cncnc3)cccc21. The molecule has 0 spiro atoms. The lowest BCUT2D eigenvalue weighted by atomic mass is 9.95. The molecule has 6 heteroatoms. The molecule has 1 atom stereocenters. The third-order valence-corrected chi connectivity index (χ3v) is 5.24. The van der Waals surface area contributed by atoms with E-state index in [1.54, 1.807) is 18.5 Å². The summed E-state index contributed by atoms with van der Waals surface area (Å²) < 4.78 is 0. The Hall–Kier alpha value is -4.32. The summed E-state index contributed by atoms with van der Waals surface area (Å²) in [6.07, 6.45) is 11.7.